The van der Waals surface area contributed by atoms with Crippen molar-refractivity contribution in [1.82, 2.24) is 14.3 Å². The van der Waals surface area contributed by atoms with Crippen LogP contribution in [0.5, 0.6) is 0 Å². The molecule has 0 atom stereocenters. The molecule has 3 aromatic rings. The Hall–Kier alpha value is -2.87. The average Bonchev–Trinajstić information content (AvgIpc) is 3.07. The topological polar surface area (TPSA) is 63.6 Å². The molecular weight excluding hydrogens is 336 g/mol. The number of rotatable bonds is 3. The lowest BCUT2D eigenvalue weighted by molar-refractivity contribution is 0.309. The summed E-state index contributed by atoms with van der Waals surface area (Å²) in [4.78, 5) is 13.3. The fourth-order valence-corrected chi connectivity index (χ4v) is 4.54. The molecule has 1 aromatic carbocycles. The molecule has 1 fully saturated rings. The molecule has 2 aliphatic carbocycles. The molecule has 0 aliphatic heterocycles. The molecule has 0 unspecified atom stereocenters. The Kier molecular flexibility index (Phi) is 3.86. The Morgan fingerprint density at radius 3 is 2.70 bits per heavy atom. The van der Waals surface area contributed by atoms with Crippen molar-refractivity contribution < 1.29 is 0 Å². The molecule has 5 rings (SSSR count). The molecule has 2 aromatic heterocycles. The lowest BCUT2D eigenvalue weighted by Gasteiger charge is -2.30. The summed E-state index contributed by atoms with van der Waals surface area (Å²) in [6.45, 7) is 0.573. The van der Waals surface area contributed by atoms with Gasteiger partial charge >= 0.3 is 0 Å². The van der Waals surface area contributed by atoms with Crippen LogP contribution in [0, 0.1) is 11.3 Å². The van der Waals surface area contributed by atoms with Crippen molar-refractivity contribution in [2.75, 3.05) is 0 Å². The Labute approximate surface area is 157 Å². The molecule has 2 heterocycles. The normalized spacial score (nSPS) is 16.7. The van der Waals surface area contributed by atoms with Gasteiger partial charge in [-0.15, -0.1) is 0 Å². The third kappa shape index (κ3) is 2.59. The summed E-state index contributed by atoms with van der Waals surface area (Å²) < 4.78 is 3.99. The van der Waals surface area contributed by atoms with Crippen molar-refractivity contribution in [3.05, 3.63) is 63.1 Å². The number of benzene rings is 1. The second-order valence-electron chi connectivity index (χ2n) is 7.78. The van der Waals surface area contributed by atoms with Crippen molar-refractivity contribution in [2.45, 2.75) is 57.5 Å². The van der Waals surface area contributed by atoms with Crippen molar-refractivity contribution in [2.24, 2.45) is 0 Å². The summed E-state index contributed by atoms with van der Waals surface area (Å²) in [5.74, 6) is 0. The van der Waals surface area contributed by atoms with Crippen LogP contribution in [0.25, 0.3) is 11.0 Å². The first-order valence-electron chi connectivity index (χ1n) is 9.87. The number of aromatic nitrogens is 3. The minimum absolute atomic E-state index is 0.203. The number of hydrogen-bond acceptors (Lipinski definition) is 3. The summed E-state index contributed by atoms with van der Waals surface area (Å²) in [5.41, 5.74) is 5.09. The van der Waals surface area contributed by atoms with E-state index in [0.29, 0.717) is 18.2 Å². The highest BCUT2D eigenvalue weighted by Crippen LogP contribution is 2.35. The van der Waals surface area contributed by atoms with Crippen LogP contribution in [0.2, 0.25) is 0 Å². The summed E-state index contributed by atoms with van der Waals surface area (Å²) >= 11 is 0. The molecule has 1 saturated carbocycles. The van der Waals surface area contributed by atoms with Crippen LogP contribution in [0.3, 0.4) is 0 Å². The van der Waals surface area contributed by atoms with Crippen LogP contribution in [0.1, 0.15) is 60.4 Å². The molecule has 5 nitrogen and oxygen atoms in total. The Morgan fingerprint density at radius 2 is 1.96 bits per heavy atom. The highest BCUT2D eigenvalue weighted by Gasteiger charge is 2.28. The quantitative estimate of drug-likeness (QED) is 0.717. The molecule has 0 amide bonds. The monoisotopic (exact) mass is 358 g/mol. The molecule has 0 N–H and O–H groups in total. The predicted octanol–water partition coefficient (Wildman–Crippen LogP) is 3.72. The van der Waals surface area contributed by atoms with Crippen molar-refractivity contribution in [3.63, 3.8) is 0 Å². The van der Waals surface area contributed by atoms with E-state index in [0.717, 1.165) is 60.7 Å². The average molecular weight is 358 g/mol. The molecule has 0 saturated heterocycles. The summed E-state index contributed by atoms with van der Waals surface area (Å²) in [7, 11) is 0. The van der Waals surface area contributed by atoms with Crippen molar-refractivity contribution >= 4 is 11.0 Å². The number of fused-ring (bicyclic) bond motifs is 3. The van der Waals surface area contributed by atoms with Crippen LogP contribution in [0.15, 0.2) is 35.3 Å². The van der Waals surface area contributed by atoms with E-state index in [2.05, 4.69) is 11.2 Å². The standard InChI is InChI=1S/C22H22N4O/c23-12-15-5-3-6-16(11-15)14-25-21-20(13-24-25)18-9-1-2-10-19(18)22(27)26(21)17-7-4-8-17/h3,5-6,11,13,17H,1-2,4,7-10,14H2. The zero-order chi connectivity index (χ0) is 18.4. The van der Waals surface area contributed by atoms with E-state index in [-0.39, 0.29) is 5.56 Å². The minimum Gasteiger partial charge on any atom is -0.290 e. The molecule has 2 aliphatic rings. The molecule has 27 heavy (non-hydrogen) atoms. The third-order valence-corrected chi connectivity index (χ3v) is 6.14. The number of pyridine rings is 1. The Morgan fingerprint density at radius 1 is 1.15 bits per heavy atom. The SMILES string of the molecule is N#Cc1cccc(Cn2ncc3c4c(c(=O)n(C5CCC5)c32)CCCC4)c1. The van der Waals surface area contributed by atoms with E-state index in [1.54, 1.807) is 0 Å². The molecule has 0 radical (unpaired) electrons. The van der Waals surface area contributed by atoms with Gasteiger partial charge in [-0.05, 0) is 68.2 Å². The van der Waals surface area contributed by atoms with Crippen LogP contribution in [-0.2, 0) is 19.4 Å². The van der Waals surface area contributed by atoms with E-state index < -0.39 is 0 Å². The van der Waals surface area contributed by atoms with Gasteiger partial charge in [0.1, 0.15) is 5.65 Å². The van der Waals surface area contributed by atoms with Crippen LogP contribution < -0.4 is 5.56 Å². The van der Waals surface area contributed by atoms with Gasteiger partial charge in [0.15, 0.2) is 0 Å². The van der Waals surface area contributed by atoms with E-state index in [9.17, 15) is 4.79 Å². The maximum absolute atomic E-state index is 13.3. The third-order valence-electron chi connectivity index (χ3n) is 6.14. The lowest BCUT2D eigenvalue weighted by atomic mass is 9.88. The van der Waals surface area contributed by atoms with Gasteiger partial charge < -0.3 is 0 Å². The van der Waals surface area contributed by atoms with Gasteiger partial charge in [-0.3, -0.25) is 9.36 Å². The van der Waals surface area contributed by atoms with Gasteiger partial charge in [0.05, 0.1) is 24.4 Å². The summed E-state index contributed by atoms with van der Waals surface area (Å²) in [6.07, 6.45) is 9.40. The van der Waals surface area contributed by atoms with Gasteiger partial charge in [0.2, 0.25) is 0 Å². The number of hydrogen-bond donors (Lipinski definition) is 0. The van der Waals surface area contributed by atoms with Gasteiger partial charge in [-0.25, -0.2) is 4.68 Å². The van der Waals surface area contributed by atoms with E-state index in [1.807, 2.05) is 39.7 Å². The molecule has 136 valence electrons. The highest BCUT2D eigenvalue weighted by atomic mass is 16.1. The Balaban J connectivity index is 1.71. The van der Waals surface area contributed by atoms with Crippen molar-refractivity contribution in [1.29, 1.82) is 5.26 Å². The minimum atomic E-state index is 0.203. The first kappa shape index (κ1) is 16.3. The van der Waals surface area contributed by atoms with Gasteiger partial charge in [0, 0.05) is 17.0 Å². The Bertz CT molecular complexity index is 1130. The fourth-order valence-electron chi connectivity index (χ4n) is 4.54. The molecule has 0 bridgehead atoms. The van der Waals surface area contributed by atoms with E-state index in [1.165, 1.54) is 12.0 Å². The van der Waals surface area contributed by atoms with Crippen LogP contribution in [-0.4, -0.2) is 14.3 Å². The zero-order valence-corrected chi connectivity index (χ0v) is 15.3. The largest absolute Gasteiger partial charge is 0.290 e. The summed E-state index contributed by atoms with van der Waals surface area (Å²) in [5, 5.41) is 15.0. The van der Waals surface area contributed by atoms with Gasteiger partial charge in [-0.2, -0.15) is 10.4 Å². The second-order valence-corrected chi connectivity index (χ2v) is 7.78. The molecular formula is C22H22N4O. The number of nitriles is 1. The second kappa shape index (κ2) is 6.38. The smallest absolute Gasteiger partial charge is 0.255 e. The predicted molar refractivity (Wildman–Crippen MR) is 104 cm³/mol. The lowest BCUT2D eigenvalue weighted by Crippen LogP contribution is -2.34. The van der Waals surface area contributed by atoms with Gasteiger partial charge in [-0.1, -0.05) is 12.1 Å². The maximum Gasteiger partial charge on any atom is 0.255 e. The number of aryl methyl sites for hydroxylation is 1. The molecule has 0 spiro atoms. The van der Waals surface area contributed by atoms with E-state index >= 15 is 0 Å². The molecule has 5 heteroatoms. The van der Waals surface area contributed by atoms with Crippen LogP contribution >= 0.6 is 0 Å². The maximum atomic E-state index is 13.3. The highest BCUT2D eigenvalue weighted by molar-refractivity contribution is 5.81. The van der Waals surface area contributed by atoms with Crippen molar-refractivity contribution in [3.8, 4) is 6.07 Å². The van der Waals surface area contributed by atoms with Gasteiger partial charge in [0.25, 0.3) is 5.56 Å². The van der Waals surface area contributed by atoms with Crippen LogP contribution in [0.4, 0.5) is 0 Å². The first-order chi connectivity index (χ1) is 13.3. The summed E-state index contributed by atoms with van der Waals surface area (Å²) in [6, 6.07) is 10.1. The zero-order valence-electron chi connectivity index (χ0n) is 15.3. The number of nitrogens with zero attached hydrogens (tertiary/aromatic N) is 4. The fraction of sp³-hybridized carbons (Fsp3) is 0.409. The van der Waals surface area contributed by atoms with E-state index in [4.69, 9.17) is 5.26 Å². The first-order valence-corrected chi connectivity index (χ1v) is 9.87.